The van der Waals surface area contributed by atoms with Gasteiger partial charge in [-0.1, -0.05) is 18.2 Å². The van der Waals surface area contributed by atoms with Crippen LogP contribution in [0.1, 0.15) is 10.5 Å². The maximum absolute atomic E-state index is 14.3. The van der Waals surface area contributed by atoms with Crippen molar-refractivity contribution in [1.82, 2.24) is 9.97 Å². The number of benzene rings is 2. The highest BCUT2D eigenvalue weighted by molar-refractivity contribution is 5.86. The zero-order valence-corrected chi connectivity index (χ0v) is 12.8. The van der Waals surface area contributed by atoms with Crippen LogP contribution in [-0.4, -0.2) is 23.0 Å². The molecule has 0 bridgehead atoms. The van der Waals surface area contributed by atoms with E-state index < -0.39 is 11.8 Å². The van der Waals surface area contributed by atoms with E-state index in [4.69, 9.17) is 4.74 Å². The number of esters is 1. The highest BCUT2D eigenvalue weighted by Crippen LogP contribution is 2.27. The Labute approximate surface area is 137 Å². The van der Waals surface area contributed by atoms with Crippen LogP contribution >= 0.6 is 0 Å². The van der Waals surface area contributed by atoms with Crippen molar-refractivity contribution in [2.75, 3.05) is 7.11 Å². The van der Waals surface area contributed by atoms with Crippen LogP contribution in [0.4, 0.5) is 4.39 Å². The second-order valence-electron chi connectivity index (χ2n) is 4.84. The summed E-state index contributed by atoms with van der Waals surface area (Å²) in [7, 11) is 1.25. The third-order valence-electron chi connectivity index (χ3n) is 3.24. The largest absolute Gasteiger partial charge is 0.464 e. The number of ether oxygens (including phenoxy) is 2. The van der Waals surface area contributed by atoms with Gasteiger partial charge in [-0.2, -0.15) is 0 Å². The summed E-state index contributed by atoms with van der Waals surface area (Å²) in [5.74, 6) is -0.0989. The minimum atomic E-state index is -0.596. The molecular formula is C18H13FN2O3. The fourth-order valence-electron chi connectivity index (χ4n) is 2.07. The molecule has 0 saturated carbocycles. The second kappa shape index (κ2) is 6.87. The van der Waals surface area contributed by atoms with Crippen LogP contribution in [0.25, 0.3) is 11.3 Å². The van der Waals surface area contributed by atoms with Gasteiger partial charge in [0.05, 0.1) is 25.2 Å². The molecule has 0 aliphatic heterocycles. The molecule has 3 aromatic rings. The number of rotatable bonds is 4. The van der Waals surface area contributed by atoms with E-state index in [2.05, 4.69) is 14.7 Å². The number of hydrogen-bond acceptors (Lipinski definition) is 5. The van der Waals surface area contributed by atoms with Crippen molar-refractivity contribution in [3.05, 3.63) is 72.4 Å². The lowest BCUT2D eigenvalue weighted by atomic mass is 10.1. The fraction of sp³-hybridized carbons (Fsp3) is 0.0556. The fourth-order valence-corrected chi connectivity index (χ4v) is 2.07. The molecule has 24 heavy (non-hydrogen) atoms. The van der Waals surface area contributed by atoms with Gasteiger partial charge in [-0.25, -0.2) is 14.2 Å². The molecule has 6 heteroatoms. The van der Waals surface area contributed by atoms with Gasteiger partial charge < -0.3 is 9.47 Å². The maximum Gasteiger partial charge on any atom is 0.358 e. The van der Waals surface area contributed by atoms with Gasteiger partial charge in [-0.3, -0.25) is 4.98 Å². The van der Waals surface area contributed by atoms with Crippen molar-refractivity contribution in [1.29, 1.82) is 0 Å². The number of halogens is 1. The summed E-state index contributed by atoms with van der Waals surface area (Å²) in [4.78, 5) is 19.3. The van der Waals surface area contributed by atoms with Crippen LogP contribution < -0.4 is 4.74 Å². The van der Waals surface area contributed by atoms with Crippen molar-refractivity contribution in [2.45, 2.75) is 0 Å². The Bertz CT molecular complexity index is 852. The average molecular weight is 324 g/mol. The van der Waals surface area contributed by atoms with Crippen molar-refractivity contribution >= 4 is 5.97 Å². The van der Waals surface area contributed by atoms with E-state index in [9.17, 15) is 9.18 Å². The molecule has 0 atom stereocenters. The molecule has 1 aromatic heterocycles. The molecule has 5 nitrogen and oxygen atoms in total. The smallest absolute Gasteiger partial charge is 0.358 e. The van der Waals surface area contributed by atoms with E-state index in [1.54, 1.807) is 24.3 Å². The quantitative estimate of drug-likeness (QED) is 0.682. The number of carbonyl (C=O) groups excluding carboxylic acids is 1. The number of para-hydroxylation sites is 1. The van der Waals surface area contributed by atoms with E-state index in [1.807, 2.05) is 18.2 Å². The molecule has 0 spiro atoms. The molecule has 0 unspecified atom stereocenters. The van der Waals surface area contributed by atoms with Crippen LogP contribution in [0.2, 0.25) is 0 Å². The first kappa shape index (κ1) is 15.6. The van der Waals surface area contributed by atoms with E-state index in [0.29, 0.717) is 17.2 Å². The van der Waals surface area contributed by atoms with Crippen molar-refractivity contribution < 1.29 is 18.7 Å². The molecule has 0 radical (unpaired) electrons. The number of nitrogens with zero attached hydrogens (tertiary/aromatic N) is 2. The molecule has 1 heterocycles. The van der Waals surface area contributed by atoms with Crippen LogP contribution in [0.3, 0.4) is 0 Å². The van der Waals surface area contributed by atoms with Gasteiger partial charge in [0.1, 0.15) is 17.3 Å². The highest BCUT2D eigenvalue weighted by atomic mass is 19.1. The predicted octanol–water partition coefficient (Wildman–Crippen LogP) is 3.86. The third-order valence-corrected chi connectivity index (χ3v) is 3.24. The summed E-state index contributed by atoms with van der Waals surface area (Å²) in [5, 5.41) is 0. The van der Waals surface area contributed by atoms with Crippen LogP contribution in [-0.2, 0) is 4.74 Å². The molecule has 0 fully saturated rings. The summed E-state index contributed by atoms with van der Waals surface area (Å²) < 4.78 is 24.4. The van der Waals surface area contributed by atoms with Gasteiger partial charge in [-0.15, -0.1) is 0 Å². The topological polar surface area (TPSA) is 61.3 Å². The standard InChI is InChI=1S/C18H13FN2O3/c1-23-18(22)17-11-20-16(10-21-17)14-8-7-13(9-15(14)19)24-12-5-3-2-4-6-12/h2-11H,1H3. The number of carbonyl (C=O) groups is 1. The molecule has 0 aliphatic rings. The normalized spacial score (nSPS) is 10.2. The van der Waals surface area contributed by atoms with E-state index in [0.717, 1.165) is 0 Å². The average Bonchev–Trinajstić information content (AvgIpc) is 2.62. The molecule has 0 saturated heterocycles. The zero-order valence-electron chi connectivity index (χ0n) is 12.8. The highest BCUT2D eigenvalue weighted by Gasteiger charge is 2.12. The monoisotopic (exact) mass is 324 g/mol. The first-order valence-corrected chi connectivity index (χ1v) is 7.10. The molecule has 2 aromatic carbocycles. The van der Waals surface area contributed by atoms with Gasteiger partial charge in [0, 0.05) is 11.6 Å². The number of hydrogen-bond donors (Lipinski definition) is 0. The van der Waals surface area contributed by atoms with Crippen LogP contribution in [0.5, 0.6) is 11.5 Å². The molecule has 0 aliphatic carbocycles. The van der Waals surface area contributed by atoms with E-state index >= 15 is 0 Å². The van der Waals surface area contributed by atoms with Gasteiger partial charge in [0.25, 0.3) is 0 Å². The Hall–Kier alpha value is -3.28. The molecule has 3 rings (SSSR count). The summed E-state index contributed by atoms with van der Waals surface area (Å²) in [6, 6.07) is 13.6. The number of aromatic nitrogens is 2. The minimum Gasteiger partial charge on any atom is -0.464 e. The molecule has 120 valence electrons. The number of methoxy groups -OCH3 is 1. The molecule has 0 amide bonds. The van der Waals surface area contributed by atoms with Gasteiger partial charge >= 0.3 is 5.97 Å². The van der Waals surface area contributed by atoms with Crippen molar-refractivity contribution in [2.24, 2.45) is 0 Å². The molecule has 0 N–H and O–H groups in total. The van der Waals surface area contributed by atoms with Crippen molar-refractivity contribution in [3.8, 4) is 22.8 Å². The van der Waals surface area contributed by atoms with Crippen LogP contribution in [0, 0.1) is 5.82 Å². The van der Waals surface area contributed by atoms with Crippen molar-refractivity contribution in [3.63, 3.8) is 0 Å². The van der Waals surface area contributed by atoms with Gasteiger partial charge in [-0.05, 0) is 24.3 Å². The Morgan fingerprint density at radius 1 is 1.00 bits per heavy atom. The summed E-state index contributed by atoms with van der Waals surface area (Å²) in [6.45, 7) is 0. The Morgan fingerprint density at radius 2 is 1.79 bits per heavy atom. The summed E-state index contributed by atoms with van der Waals surface area (Å²) in [5.41, 5.74) is 0.636. The second-order valence-corrected chi connectivity index (χ2v) is 4.84. The zero-order chi connectivity index (χ0) is 16.9. The predicted molar refractivity (Wildman–Crippen MR) is 85.3 cm³/mol. The SMILES string of the molecule is COC(=O)c1cnc(-c2ccc(Oc3ccccc3)cc2F)cn1. The Balaban J connectivity index is 1.83. The lowest BCUT2D eigenvalue weighted by molar-refractivity contribution is 0.0593. The summed E-state index contributed by atoms with van der Waals surface area (Å²) in [6.07, 6.45) is 2.57. The third kappa shape index (κ3) is 3.38. The van der Waals surface area contributed by atoms with E-state index in [1.165, 1.54) is 25.6 Å². The van der Waals surface area contributed by atoms with Gasteiger partial charge in [0.15, 0.2) is 5.69 Å². The maximum atomic E-state index is 14.3. The molecular weight excluding hydrogens is 311 g/mol. The van der Waals surface area contributed by atoms with Gasteiger partial charge in [0.2, 0.25) is 0 Å². The Kier molecular flexibility index (Phi) is 4.47. The Morgan fingerprint density at radius 3 is 2.42 bits per heavy atom. The summed E-state index contributed by atoms with van der Waals surface area (Å²) >= 11 is 0. The first-order chi connectivity index (χ1) is 11.7. The lowest BCUT2D eigenvalue weighted by Crippen LogP contribution is -2.05. The van der Waals surface area contributed by atoms with E-state index in [-0.39, 0.29) is 11.3 Å². The first-order valence-electron chi connectivity index (χ1n) is 7.10. The minimum absolute atomic E-state index is 0.0608. The lowest BCUT2D eigenvalue weighted by Gasteiger charge is -2.08. The van der Waals surface area contributed by atoms with Crippen LogP contribution in [0.15, 0.2) is 60.9 Å².